The molecule has 1 aliphatic heterocycles. The van der Waals surface area contributed by atoms with Crippen LogP contribution in [0.2, 0.25) is 0 Å². The monoisotopic (exact) mass is 511 g/mol. The number of aromatic nitrogens is 1. The van der Waals surface area contributed by atoms with Crippen LogP contribution in [0.5, 0.6) is 11.5 Å². The Balaban J connectivity index is 1.21. The van der Waals surface area contributed by atoms with E-state index in [0.29, 0.717) is 11.5 Å². The van der Waals surface area contributed by atoms with Gasteiger partial charge in [-0.25, -0.2) is 5.43 Å². The number of nitrogens with one attached hydrogen (secondary N) is 2. The molecule has 0 radical (unpaired) electrons. The fourth-order valence-electron chi connectivity index (χ4n) is 4.30. The van der Waals surface area contributed by atoms with E-state index in [4.69, 9.17) is 9.47 Å². The maximum Gasteiger partial charge on any atom is 0.269 e. The largest absolute Gasteiger partial charge is 0.454 e. The molecule has 1 aromatic heterocycles. The fourth-order valence-corrected chi connectivity index (χ4v) is 4.30. The summed E-state index contributed by atoms with van der Waals surface area (Å²) in [5, 5.41) is 18.1. The number of amides is 1. The minimum absolute atomic E-state index is 0.0527. The molecule has 0 unspecified atom stereocenters. The lowest BCUT2D eigenvalue weighted by atomic mass is 10.0. The van der Waals surface area contributed by atoms with Crippen molar-refractivity contribution in [2.24, 2.45) is 5.10 Å². The number of carbonyl (C=O) groups is 1. The van der Waals surface area contributed by atoms with Crippen LogP contribution >= 0.6 is 0 Å². The predicted octanol–water partition coefficient (Wildman–Crippen LogP) is 4.96. The van der Waals surface area contributed by atoms with Gasteiger partial charge in [-0.15, -0.1) is 0 Å². The fraction of sp³-hybridized carbons (Fsp3) is 0.143. The minimum Gasteiger partial charge on any atom is -0.454 e. The van der Waals surface area contributed by atoms with Crippen LogP contribution in [-0.4, -0.2) is 34.9 Å². The molecule has 1 aliphatic rings. The Bertz CT molecular complexity index is 1520. The molecule has 3 aromatic carbocycles. The van der Waals surface area contributed by atoms with Gasteiger partial charge in [-0.1, -0.05) is 12.1 Å². The summed E-state index contributed by atoms with van der Waals surface area (Å²) in [4.78, 5) is 22.7. The van der Waals surface area contributed by atoms with Crippen LogP contribution in [0.1, 0.15) is 17.0 Å². The van der Waals surface area contributed by atoms with Crippen LogP contribution in [0.25, 0.3) is 16.8 Å². The van der Waals surface area contributed by atoms with Gasteiger partial charge in [-0.3, -0.25) is 14.9 Å². The summed E-state index contributed by atoms with van der Waals surface area (Å²) in [6.07, 6.45) is 1.63. The molecular weight excluding hydrogens is 486 g/mol. The molecule has 2 N–H and O–H groups in total. The standard InChI is InChI=1S/C28H25N5O5/c1-18-13-22(15-30-31-28(34)16-29-23-7-12-26-27(14-23)38-17-37-26)19(2)32(18)24-8-3-20(4-9-24)21-5-10-25(11-6-21)33(35)36/h3-15,29H,16-17H2,1-2H3,(H,31,34)/b30-15-. The molecule has 0 bridgehead atoms. The van der Waals surface area contributed by atoms with E-state index in [0.717, 1.165) is 39.5 Å². The van der Waals surface area contributed by atoms with Crippen molar-refractivity contribution < 1.29 is 19.2 Å². The van der Waals surface area contributed by atoms with Crippen LogP contribution < -0.4 is 20.2 Å². The molecular formula is C28H25N5O5. The number of nitro groups is 1. The molecule has 0 saturated heterocycles. The van der Waals surface area contributed by atoms with Gasteiger partial charge in [0, 0.05) is 46.5 Å². The Morgan fingerprint density at radius 1 is 1.00 bits per heavy atom. The zero-order valence-corrected chi connectivity index (χ0v) is 20.8. The lowest BCUT2D eigenvalue weighted by Gasteiger charge is -2.11. The number of ether oxygens (including phenoxy) is 2. The SMILES string of the molecule is Cc1cc(/C=N\NC(=O)CNc2ccc3c(c2)OCO3)c(C)n1-c1ccc(-c2ccc([N+](=O)[O-])cc2)cc1. The Kier molecular flexibility index (Phi) is 6.77. The van der Waals surface area contributed by atoms with Gasteiger partial charge >= 0.3 is 0 Å². The average molecular weight is 512 g/mol. The highest BCUT2D eigenvalue weighted by Gasteiger charge is 2.14. The summed E-state index contributed by atoms with van der Waals surface area (Å²) in [6, 6.07) is 21.8. The number of nitrogens with zero attached hydrogens (tertiary/aromatic N) is 3. The Labute approximate surface area is 218 Å². The molecule has 0 fully saturated rings. The number of nitro benzene ring substituents is 1. The number of anilines is 1. The first-order chi connectivity index (χ1) is 18.4. The van der Waals surface area contributed by atoms with Gasteiger partial charge < -0.3 is 19.4 Å². The topological polar surface area (TPSA) is 120 Å². The molecule has 0 spiro atoms. The zero-order valence-electron chi connectivity index (χ0n) is 20.8. The molecule has 10 nitrogen and oxygen atoms in total. The van der Waals surface area contributed by atoms with Crippen molar-refractivity contribution in [1.29, 1.82) is 0 Å². The normalized spacial score (nSPS) is 12.1. The number of hydrogen-bond donors (Lipinski definition) is 2. The molecule has 0 aliphatic carbocycles. The average Bonchev–Trinajstić information content (AvgIpc) is 3.50. The van der Waals surface area contributed by atoms with Gasteiger partial charge in [0.2, 0.25) is 6.79 Å². The molecule has 5 rings (SSSR count). The molecule has 10 heteroatoms. The summed E-state index contributed by atoms with van der Waals surface area (Å²) in [5.74, 6) is 1.04. The molecule has 4 aromatic rings. The summed E-state index contributed by atoms with van der Waals surface area (Å²) >= 11 is 0. The third-order valence-electron chi connectivity index (χ3n) is 6.23. The van der Waals surface area contributed by atoms with E-state index in [1.165, 1.54) is 12.1 Å². The van der Waals surface area contributed by atoms with Crippen LogP contribution in [0.4, 0.5) is 11.4 Å². The number of rotatable bonds is 8. The van der Waals surface area contributed by atoms with E-state index in [-0.39, 0.29) is 24.9 Å². The highest BCUT2D eigenvalue weighted by molar-refractivity contribution is 5.85. The first kappa shape index (κ1) is 24.6. The highest BCUT2D eigenvalue weighted by Crippen LogP contribution is 2.34. The molecule has 38 heavy (non-hydrogen) atoms. The van der Waals surface area contributed by atoms with Crippen molar-refractivity contribution in [3.63, 3.8) is 0 Å². The van der Waals surface area contributed by atoms with E-state index < -0.39 is 4.92 Å². The van der Waals surface area contributed by atoms with Gasteiger partial charge in [0.15, 0.2) is 11.5 Å². The third-order valence-corrected chi connectivity index (χ3v) is 6.23. The number of benzene rings is 3. The molecule has 2 heterocycles. The van der Waals surface area contributed by atoms with Crippen molar-refractivity contribution in [3.05, 3.63) is 99.9 Å². The minimum atomic E-state index is -0.408. The van der Waals surface area contributed by atoms with Crippen LogP contribution in [-0.2, 0) is 4.79 Å². The van der Waals surface area contributed by atoms with E-state index in [9.17, 15) is 14.9 Å². The van der Waals surface area contributed by atoms with Gasteiger partial charge in [0.1, 0.15) is 0 Å². The first-order valence-electron chi connectivity index (χ1n) is 11.9. The number of hydrazone groups is 1. The maximum absolute atomic E-state index is 12.2. The summed E-state index contributed by atoms with van der Waals surface area (Å²) < 4.78 is 12.7. The van der Waals surface area contributed by atoms with Crippen molar-refractivity contribution in [2.75, 3.05) is 18.7 Å². The zero-order chi connectivity index (χ0) is 26.6. The predicted molar refractivity (Wildman–Crippen MR) is 144 cm³/mol. The molecule has 0 saturated carbocycles. The van der Waals surface area contributed by atoms with E-state index in [1.54, 1.807) is 30.5 Å². The van der Waals surface area contributed by atoms with Crippen molar-refractivity contribution in [2.45, 2.75) is 13.8 Å². The van der Waals surface area contributed by atoms with E-state index in [2.05, 4.69) is 20.4 Å². The summed E-state index contributed by atoms with van der Waals surface area (Å²) in [6.45, 7) is 4.24. The second-order valence-corrected chi connectivity index (χ2v) is 8.73. The van der Waals surface area contributed by atoms with Gasteiger partial charge in [0.05, 0.1) is 17.7 Å². The van der Waals surface area contributed by atoms with E-state index >= 15 is 0 Å². The second kappa shape index (κ2) is 10.5. The quantitative estimate of drug-likeness (QED) is 0.196. The Morgan fingerprint density at radius 2 is 1.68 bits per heavy atom. The van der Waals surface area contributed by atoms with Crippen molar-refractivity contribution in [3.8, 4) is 28.3 Å². The number of carbonyl (C=O) groups excluding carboxylic acids is 1. The van der Waals surface area contributed by atoms with Crippen molar-refractivity contribution >= 4 is 23.5 Å². The Morgan fingerprint density at radius 3 is 2.39 bits per heavy atom. The summed E-state index contributed by atoms with van der Waals surface area (Å²) in [5.41, 5.74) is 9.07. The second-order valence-electron chi connectivity index (χ2n) is 8.73. The lowest BCUT2D eigenvalue weighted by molar-refractivity contribution is -0.384. The summed E-state index contributed by atoms with van der Waals surface area (Å²) in [7, 11) is 0. The number of aryl methyl sites for hydroxylation is 1. The third kappa shape index (κ3) is 5.19. The van der Waals surface area contributed by atoms with Crippen LogP contribution in [0.15, 0.2) is 77.9 Å². The molecule has 192 valence electrons. The number of hydrogen-bond acceptors (Lipinski definition) is 7. The molecule has 0 atom stereocenters. The Hall–Kier alpha value is -5.12. The lowest BCUT2D eigenvalue weighted by Crippen LogP contribution is -2.25. The highest BCUT2D eigenvalue weighted by atomic mass is 16.7. The van der Waals surface area contributed by atoms with Gasteiger partial charge in [0.25, 0.3) is 11.6 Å². The maximum atomic E-state index is 12.2. The first-order valence-corrected chi connectivity index (χ1v) is 11.9. The van der Waals surface area contributed by atoms with Gasteiger partial charge in [-0.2, -0.15) is 5.10 Å². The number of non-ortho nitro benzene ring substituents is 1. The van der Waals surface area contributed by atoms with E-state index in [1.807, 2.05) is 50.2 Å². The van der Waals surface area contributed by atoms with Crippen LogP contribution in [0, 0.1) is 24.0 Å². The molecule has 1 amide bonds. The van der Waals surface area contributed by atoms with Crippen molar-refractivity contribution in [1.82, 2.24) is 9.99 Å². The smallest absolute Gasteiger partial charge is 0.269 e. The van der Waals surface area contributed by atoms with Crippen LogP contribution in [0.3, 0.4) is 0 Å². The number of fused-ring (bicyclic) bond motifs is 1. The van der Waals surface area contributed by atoms with Gasteiger partial charge in [-0.05, 0) is 67.4 Å².